The zero-order valence-corrected chi connectivity index (χ0v) is 15.8. The van der Waals surface area contributed by atoms with Gasteiger partial charge in [-0.05, 0) is 12.1 Å². The van der Waals surface area contributed by atoms with Gasteiger partial charge in [-0.1, -0.05) is 18.5 Å². The molecule has 4 N–H and O–H groups in total. The van der Waals surface area contributed by atoms with E-state index >= 15 is 0 Å². The van der Waals surface area contributed by atoms with Gasteiger partial charge in [-0.2, -0.15) is 0 Å². The summed E-state index contributed by atoms with van der Waals surface area (Å²) < 4.78 is 13.7. The SMILES string of the molecule is CC(CNCCC(=O)Nc1c(Cl)ncnc1NCc1ncccc1F)C(=O)O. The summed E-state index contributed by atoms with van der Waals surface area (Å²) in [6.45, 7) is 2.15. The number of nitrogens with one attached hydrogen (secondary N) is 3. The molecule has 150 valence electrons. The van der Waals surface area contributed by atoms with Gasteiger partial charge in [-0.3, -0.25) is 14.6 Å². The van der Waals surface area contributed by atoms with Crippen molar-refractivity contribution in [2.24, 2.45) is 5.92 Å². The average Bonchev–Trinajstić information content (AvgIpc) is 2.66. The molecule has 1 amide bonds. The molecule has 2 rings (SSSR count). The fourth-order valence-electron chi connectivity index (χ4n) is 2.13. The Kier molecular flexibility index (Phi) is 8.02. The molecule has 0 spiro atoms. The average molecular weight is 411 g/mol. The molecule has 0 radical (unpaired) electrons. The Labute approximate surface area is 165 Å². The number of amides is 1. The van der Waals surface area contributed by atoms with Crippen molar-refractivity contribution in [1.82, 2.24) is 20.3 Å². The van der Waals surface area contributed by atoms with Crippen LogP contribution in [0.4, 0.5) is 15.9 Å². The summed E-state index contributed by atoms with van der Waals surface area (Å²) in [6.07, 6.45) is 2.77. The van der Waals surface area contributed by atoms with Crippen LogP contribution in [-0.2, 0) is 16.1 Å². The number of halogens is 2. The van der Waals surface area contributed by atoms with Crippen LogP contribution in [0.1, 0.15) is 19.0 Å². The first-order valence-electron chi connectivity index (χ1n) is 8.45. The first kappa shape index (κ1) is 21.5. The molecule has 28 heavy (non-hydrogen) atoms. The van der Waals surface area contributed by atoms with E-state index in [9.17, 15) is 14.0 Å². The third-order valence-corrected chi connectivity index (χ3v) is 4.01. The minimum atomic E-state index is -0.912. The van der Waals surface area contributed by atoms with Crippen LogP contribution in [0, 0.1) is 11.7 Å². The summed E-state index contributed by atoms with van der Waals surface area (Å²) >= 11 is 6.05. The van der Waals surface area contributed by atoms with Gasteiger partial charge in [0.1, 0.15) is 17.8 Å². The van der Waals surface area contributed by atoms with Crippen molar-refractivity contribution in [2.75, 3.05) is 23.7 Å². The smallest absolute Gasteiger partial charge is 0.307 e. The summed E-state index contributed by atoms with van der Waals surface area (Å²) in [6, 6.07) is 2.77. The Hall–Kier alpha value is -2.85. The number of nitrogens with zero attached hydrogens (tertiary/aromatic N) is 3. The lowest BCUT2D eigenvalue weighted by Crippen LogP contribution is -2.29. The minimum absolute atomic E-state index is 0.0276. The van der Waals surface area contributed by atoms with Crippen molar-refractivity contribution >= 4 is 35.0 Å². The quantitative estimate of drug-likeness (QED) is 0.345. The van der Waals surface area contributed by atoms with Gasteiger partial charge in [0.15, 0.2) is 11.0 Å². The van der Waals surface area contributed by atoms with Crippen LogP contribution in [-0.4, -0.2) is 45.0 Å². The van der Waals surface area contributed by atoms with Gasteiger partial charge in [0, 0.05) is 25.7 Å². The van der Waals surface area contributed by atoms with E-state index in [0.29, 0.717) is 0 Å². The third kappa shape index (κ3) is 6.39. The van der Waals surface area contributed by atoms with Crippen LogP contribution in [0.3, 0.4) is 0 Å². The van der Waals surface area contributed by atoms with Crippen LogP contribution in [0.15, 0.2) is 24.7 Å². The minimum Gasteiger partial charge on any atom is -0.481 e. The van der Waals surface area contributed by atoms with Crippen LogP contribution in [0.5, 0.6) is 0 Å². The number of carboxylic acid groups (broad SMARTS) is 1. The van der Waals surface area contributed by atoms with E-state index in [2.05, 4.69) is 30.9 Å². The van der Waals surface area contributed by atoms with Crippen LogP contribution >= 0.6 is 11.6 Å². The lowest BCUT2D eigenvalue weighted by atomic mass is 10.2. The van der Waals surface area contributed by atoms with E-state index < -0.39 is 17.7 Å². The second-order valence-corrected chi connectivity index (χ2v) is 6.27. The van der Waals surface area contributed by atoms with Crippen LogP contribution in [0.25, 0.3) is 0 Å². The summed E-state index contributed by atoms with van der Waals surface area (Å²) in [5.74, 6) is -2.07. The van der Waals surface area contributed by atoms with Gasteiger partial charge >= 0.3 is 5.97 Å². The maximum absolute atomic E-state index is 13.7. The van der Waals surface area contributed by atoms with Crippen molar-refractivity contribution in [3.8, 4) is 0 Å². The van der Waals surface area contributed by atoms with Gasteiger partial charge in [-0.15, -0.1) is 0 Å². The molecule has 0 fully saturated rings. The first-order valence-corrected chi connectivity index (χ1v) is 8.83. The van der Waals surface area contributed by atoms with Gasteiger partial charge in [0.25, 0.3) is 0 Å². The standard InChI is InChI=1S/C17H20ClFN6O3/c1-10(17(27)28)7-20-6-4-13(26)25-14-15(18)23-9-24-16(14)22-8-12-11(19)3-2-5-21-12/h2-3,5,9-10,20H,4,6-8H2,1H3,(H,25,26)(H,27,28)(H,22,23,24). The highest BCUT2D eigenvalue weighted by Crippen LogP contribution is 2.26. The molecule has 2 aromatic heterocycles. The molecule has 0 aliphatic rings. The predicted octanol–water partition coefficient (Wildman–Crippen LogP) is 1.92. The Morgan fingerprint density at radius 1 is 1.32 bits per heavy atom. The van der Waals surface area contributed by atoms with E-state index in [1.807, 2.05) is 0 Å². The number of aromatic nitrogens is 3. The molecule has 11 heteroatoms. The lowest BCUT2D eigenvalue weighted by Gasteiger charge is -2.13. The highest BCUT2D eigenvalue weighted by atomic mass is 35.5. The summed E-state index contributed by atoms with van der Waals surface area (Å²) in [5.41, 5.74) is 0.357. The largest absolute Gasteiger partial charge is 0.481 e. The molecule has 1 atom stereocenters. The van der Waals surface area contributed by atoms with E-state index in [1.54, 1.807) is 6.92 Å². The Balaban J connectivity index is 1.93. The molecule has 0 saturated carbocycles. The number of hydrogen-bond acceptors (Lipinski definition) is 7. The fraction of sp³-hybridized carbons (Fsp3) is 0.353. The first-order chi connectivity index (χ1) is 13.4. The zero-order chi connectivity index (χ0) is 20.5. The maximum atomic E-state index is 13.7. The fourth-order valence-corrected chi connectivity index (χ4v) is 2.31. The molecule has 2 aromatic rings. The number of anilines is 2. The van der Waals surface area contributed by atoms with Crippen LogP contribution in [0.2, 0.25) is 5.15 Å². The van der Waals surface area contributed by atoms with E-state index in [0.717, 1.165) is 0 Å². The Morgan fingerprint density at radius 3 is 2.82 bits per heavy atom. The Morgan fingerprint density at radius 2 is 2.11 bits per heavy atom. The van der Waals surface area contributed by atoms with Gasteiger partial charge in [0.2, 0.25) is 5.91 Å². The monoisotopic (exact) mass is 410 g/mol. The molecular weight excluding hydrogens is 391 g/mol. The number of carbonyl (C=O) groups excluding carboxylic acids is 1. The van der Waals surface area contributed by atoms with E-state index in [1.165, 1.54) is 24.7 Å². The van der Waals surface area contributed by atoms with Crippen molar-refractivity contribution in [3.63, 3.8) is 0 Å². The van der Waals surface area contributed by atoms with Crippen molar-refractivity contribution in [2.45, 2.75) is 19.9 Å². The van der Waals surface area contributed by atoms with E-state index in [-0.39, 0.29) is 54.3 Å². The number of carboxylic acids is 1. The van der Waals surface area contributed by atoms with Crippen molar-refractivity contribution in [1.29, 1.82) is 0 Å². The number of aliphatic carboxylic acids is 1. The van der Waals surface area contributed by atoms with E-state index in [4.69, 9.17) is 16.7 Å². The topological polar surface area (TPSA) is 129 Å². The van der Waals surface area contributed by atoms with Crippen LogP contribution < -0.4 is 16.0 Å². The summed E-state index contributed by atoms with van der Waals surface area (Å²) in [7, 11) is 0. The van der Waals surface area contributed by atoms with Crippen molar-refractivity contribution in [3.05, 3.63) is 41.3 Å². The number of rotatable bonds is 10. The molecule has 2 heterocycles. The van der Waals surface area contributed by atoms with Gasteiger partial charge < -0.3 is 21.1 Å². The number of hydrogen-bond donors (Lipinski definition) is 4. The maximum Gasteiger partial charge on any atom is 0.307 e. The second kappa shape index (κ2) is 10.5. The number of pyridine rings is 1. The van der Waals surface area contributed by atoms with Gasteiger partial charge in [0.05, 0.1) is 18.2 Å². The molecule has 1 unspecified atom stereocenters. The lowest BCUT2D eigenvalue weighted by molar-refractivity contribution is -0.140. The highest BCUT2D eigenvalue weighted by molar-refractivity contribution is 6.33. The molecule has 0 aliphatic heterocycles. The zero-order valence-electron chi connectivity index (χ0n) is 15.1. The number of carbonyl (C=O) groups is 2. The van der Waals surface area contributed by atoms with Crippen molar-refractivity contribution < 1.29 is 19.1 Å². The molecule has 0 bridgehead atoms. The molecule has 0 saturated heterocycles. The molecule has 0 aliphatic carbocycles. The second-order valence-electron chi connectivity index (χ2n) is 5.92. The summed E-state index contributed by atoms with van der Waals surface area (Å²) in [4.78, 5) is 34.7. The summed E-state index contributed by atoms with van der Waals surface area (Å²) in [5, 5.41) is 17.2. The Bertz CT molecular complexity index is 838. The highest BCUT2D eigenvalue weighted by Gasteiger charge is 2.15. The molecular formula is C17H20ClFN6O3. The predicted molar refractivity (Wildman–Crippen MR) is 101 cm³/mol. The normalized spacial score (nSPS) is 11.7. The van der Waals surface area contributed by atoms with Gasteiger partial charge in [-0.25, -0.2) is 14.4 Å². The molecule has 0 aromatic carbocycles. The third-order valence-electron chi connectivity index (χ3n) is 3.72. The molecule has 9 nitrogen and oxygen atoms in total.